The first kappa shape index (κ1) is 29.1. The van der Waals surface area contributed by atoms with Gasteiger partial charge >= 0.3 is 5.82 Å². The lowest BCUT2D eigenvalue weighted by Crippen LogP contribution is -2.54. The molecule has 1 aliphatic rings. The van der Waals surface area contributed by atoms with Gasteiger partial charge in [-0.25, -0.2) is 0 Å². The predicted octanol–water partition coefficient (Wildman–Crippen LogP) is 10.2. The Labute approximate surface area is 258 Å². The molecular weight excluding hydrogens is 522 g/mol. The Morgan fingerprint density at radius 1 is 0.651 bits per heavy atom. The van der Waals surface area contributed by atoms with Crippen LogP contribution >= 0.6 is 0 Å². The first-order valence-corrected chi connectivity index (χ1v) is 16.1. The number of nitrogens with zero attached hydrogens (tertiary/aromatic N) is 3. The maximum absolute atomic E-state index is 5.73. The zero-order valence-electron chi connectivity index (χ0n) is 27.1. The van der Waals surface area contributed by atoms with Crippen LogP contribution in [0.3, 0.4) is 0 Å². The Kier molecular flexibility index (Phi) is 7.40. The maximum atomic E-state index is 5.73. The Morgan fingerprint density at radius 2 is 1.21 bits per heavy atom. The van der Waals surface area contributed by atoms with Gasteiger partial charge in [-0.2, -0.15) is 4.57 Å². The summed E-state index contributed by atoms with van der Waals surface area (Å²) in [5.41, 5.74) is 9.93. The van der Waals surface area contributed by atoms with Gasteiger partial charge in [-0.05, 0) is 71.6 Å². The molecule has 0 spiro atoms. The molecule has 0 saturated carbocycles. The van der Waals surface area contributed by atoms with E-state index < -0.39 is 0 Å². The van der Waals surface area contributed by atoms with E-state index in [4.69, 9.17) is 5.10 Å². The third kappa shape index (κ3) is 4.31. The number of rotatable bonds is 7. The van der Waals surface area contributed by atoms with E-state index >= 15 is 0 Å². The third-order valence-corrected chi connectivity index (χ3v) is 10.5. The molecule has 43 heavy (non-hydrogen) atoms. The minimum atomic E-state index is -0.224. The third-order valence-electron chi connectivity index (χ3n) is 10.5. The van der Waals surface area contributed by atoms with Crippen LogP contribution in [-0.2, 0) is 11.0 Å². The highest BCUT2D eigenvalue weighted by atomic mass is 15.4. The number of benzene rings is 4. The van der Waals surface area contributed by atoms with Crippen molar-refractivity contribution >= 4 is 0 Å². The number of para-hydroxylation sites is 1. The van der Waals surface area contributed by atoms with Crippen LogP contribution in [0.25, 0.3) is 39.6 Å². The van der Waals surface area contributed by atoms with Gasteiger partial charge in [-0.15, -0.1) is 0 Å². The summed E-state index contributed by atoms with van der Waals surface area (Å²) in [6, 6.07) is 35.5. The number of hydrogen-bond donors (Lipinski definition) is 0. The van der Waals surface area contributed by atoms with E-state index in [-0.39, 0.29) is 11.0 Å². The highest BCUT2D eigenvalue weighted by molar-refractivity contribution is 5.80. The van der Waals surface area contributed by atoms with Crippen LogP contribution in [0.5, 0.6) is 0 Å². The van der Waals surface area contributed by atoms with Crippen molar-refractivity contribution in [3.8, 4) is 39.6 Å². The van der Waals surface area contributed by atoms with Gasteiger partial charge in [-0.1, -0.05) is 138 Å². The Hall–Kier alpha value is -3.98. The first-order valence-electron chi connectivity index (χ1n) is 16.1. The highest BCUT2D eigenvalue weighted by Crippen LogP contribution is 2.53. The molecule has 1 aromatic heterocycles. The van der Waals surface area contributed by atoms with Gasteiger partial charge < -0.3 is 0 Å². The van der Waals surface area contributed by atoms with Crippen LogP contribution in [0.2, 0.25) is 0 Å². The summed E-state index contributed by atoms with van der Waals surface area (Å²) in [4.78, 5) is 0. The van der Waals surface area contributed by atoms with E-state index in [9.17, 15) is 0 Å². The summed E-state index contributed by atoms with van der Waals surface area (Å²) in [5.74, 6) is 2.88. The summed E-state index contributed by atoms with van der Waals surface area (Å²) >= 11 is 0. The van der Waals surface area contributed by atoms with E-state index in [2.05, 4.69) is 162 Å². The van der Waals surface area contributed by atoms with Gasteiger partial charge in [0.05, 0.1) is 11.1 Å². The number of hydrogen-bond acceptors (Lipinski definition) is 1. The molecule has 6 rings (SSSR count). The molecule has 0 aliphatic carbocycles. The fourth-order valence-electron chi connectivity index (χ4n) is 7.46. The molecule has 2 heterocycles. The molecule has 0 fully saturated rings. The van der Waals surface area contributed by atoms with Crippen molar-refractivity contribution in [2.75, 3.05) is 0 Å². The van der Waals surface area contributed by atoms with E-state index in [0.29, 0.717) is 11.8 Å². The molecule has 220 valence electrons. The highest BCUT2D eigenvalue weighted by Gasteiger charge is 2.57. The van der Waals surface area contributed by atoms with Gasteiger partial charge in [0.15, 0.2) is 0 Å². The van der Waals surface area contributed by atoms with E-state index in [1.165, 1.54) is 44.9 Å². The molecule has 0 saturated heterocycles. The molecule has 0 bridgehead atoms. The molecule has 0 radical (unpaired) electrons. The molecular formula is C40H46N3+. The molecule has 4 aromatic carbocycles. The number of fused-ring (bicyclic) bond motifs is 3. The van der Waals surface area contributed by atoms with Crippen molar-refractivity contribution in [3.05, 3.63) is 114 Å². The average molecular weight is 569 g/mol. The first-order chi connectivity index (χ1) is 20.7. The van der Waals surface area contributed by atoms with Gasteiger partial charge in [0.2, 0.25) is 0 Å². The number of aromatic nitrogens is 3. The predicted molar refractivity (Wildman–Crippen MR) is 180 cm³/mol. The molecule has 2 unspecified atom stereocenters. The van der Waals surface area contributed by atoms with Crippen LogP contribution in [-0.4, -0.2) is 9.78 Å². The lowest BCUT2D eigenvalue weighted by atomic mass is 9.61. The SMILES string of the molecule is CCC1(C)c2ccccc2-c2n(nc(-c3ccccc3-c3ccccc3)[n+]2-c2c(C(C)C)cccc2C(C)C)C1(C)CC. The van der Waals surface area contributed by atoms with Crippen LogP contribution < -0.4 is 4.57 Å². The van der Waals surface area contributed by atoms with E-state index in [1.807, 2.05) is 0 Å². The molecule has 2 atom stereocenters. The van der Waals surface area contributed by atoms with Crippen molar-refractivity contribution in [3.63, 3.8) is 0 Å². The normalized spacial score (nSPS) is 19.5. The lowest BCUT2D eigenvalue weighted by Gasteiger charge is -2.46. The summed E-state index contributed by atoms with van der Waals surface area (Å²) in [5, 5.41) is 5.73. The lowest BCUT2D eigenvalue weighted by molar-refractivity contribution is -0.574. The topological polar surface area (TPSA) is 21.7 Å². The van der Waals surface area contributed by atoms with Gasteiger partial charge in [0, 0.05) is 10.5 Å². The van der Waals surface area contributed by atoms with E-state index in [1.54, 1.807) is 0 Å². The zero-order chi connectivity index (χ0) is 30.5. The standard InChI is InChI=1S/C40H46N3/c1-9-39(7)35-26-17-16-23-34(35)38-42(36-30(27(3)4)24-18-25-31(36)28(5)6)37(41-43(38)40(39,8)10-2)33-22-15-14-21-32(33)29-19-12-11-13-20-29/h11-28H,9-10H2,1-8H3/q+1. The molecule has 5 aromatic rings. The fourth-order valence-corrected chi connectivity index (χ4v) is 7.46. The van der Waals surface area contributed by atoms with Crippen molar-refractivity contribution < 1.29 is 4.57 Å². The van der Waals surface area contributed by atoms with Gasteiger partial charge in [0.1, 0.15) is 11.2 Å². The smallest absolute Gasteiger partial charge is 0.189 e. The molecule has 3 heteroatoms. The van der Waals surface area contributed by atoms with Crippen molar-refractivity contribution in [1.29, 1.82) is 0 Å². The maximum Gasteiger partial charge on any atom is 0.314 e. The Balaban J connectivity index is 1.84. The largest absolute Gasteiger partial charge is 0.314 e. The van der Waals surface area contributed by atoms with Crippen LogP contribution in [0.4, 0.5) is 0 Å². The second-order valence-electron chi connectivity index (χ2n) is 13.3. The van der Waals surface area contributed by atoms with Crippen LogP contribution in [0.15, 0.2) is 97.1 Å². The average Bonchev–Trinajstić information content (AvgIpc) is 3.44. The van der Waals surface area contributed by atoms with Crippen molar-refractivity contribution in [1.82, 2.24) is 9.78 Å². The fraction of sp³-hybridized carbons (Fsp3) is 0.350. The van der Waals surface area contributed by atoms with Crippen LogP contribution in [0, 0.1) is 0 Å². The molecule has 0 amide bonds. The Morgan fingerprint density at radius 3 is 1.79 bits per heavy atom. The quantitative estimate of drug-likeness (QED) is 0.179. The molecule has 3 nitrogen and oxygen atoms in total. The molecule has 1 aliphatic heterocycles. The summed E-state index contributed by atoms with van der Waals surface area (Å²) < 4.78 is 4.95. The summed E-state index contributed by atoms with van der Waals surface area (Å²) in [6.45, 7) is 18.8. The second kappa shape index (κ2) is 10.9. The van der Waals surface area contributed by atoms with Crippen molar-refractivity contribution in [2.45, 2.75) is 91.0 Å². The summed E-state index contributed by atoms with van der Waals surface area (Å²) in [7, 11) is 0. The van der Waals surface area contributed by atoms with E-state index in [0.717, 1.165) is 24.2 Å². The molecule has 0 N–H and O–H groups in total. The second-order valence-corrected chi connectivity index (χ2v) is 13.3. The summed E-state index contributed by atoms with van der Waals surface area (Å²) in [6.07, 6.45) is 2.01. The van der Waals surface area contributed by atoms with Gasteiger partial charge in [-0.3, -0.25) is 0 Å². The zero-order valence-corrected chi connectivity index (χ0v) is 27.1. The minimum Gasteiger partial charge on any atom is -0.189 e. The van der Waals surface area contributed by atoms with Crippen LogP contribution in [0.1, 0.15) is 96.8 Å². The minimum absolute atomic E-state index is 0.0795. The monoisotopic (exact) mass is 568 g/mol. The Bertz CT molecular complexity index is 1750. The van der Waals surface area contributed by atoms with Gasteiger partial charge in [0.25, 0.3) is 5.82 Å². The van der Waals surface area contributed by atoms with Crippen molar-refractivity contribution in [2.24, 2.45) is 0 Å².